The predicted octanol–water partition coefficient (Wildman–Crippen LogP) is 3.94. The zero-order valence-corrected chi connectivity index (χ0v) is 17.5. The second-order valence-electron chi connectivity index (χ2n) is 5.93. The average molecular weight is 441 g/mol. The molecule has 0 aromatic heterocycles. The number of nitrogens with one attached hydrogen (secondary N) is 1. The number of amides is 1. The van der Waals surface area contributed by atoms with Crippen LogP contribution in [-0.4, -0.2) is 50.3 Å². The summed E-state index contributed by atoms with van der Waals surface area (Å²) in [5.41, 5.74) is 0. The lowest BCUT2D eigenvalue weighted by Gasteiger charge is -2.13. The zero-order chi connectivity index (χ0) is 21.4. The lowest BCUT2D eigenvalue weighted by atomic mass is 10.3. The van der Waals surface area contributed by atoms with Crippen LogP contribution in [0, 0.1) is 0 Å². The molecule has 1 amide bonds. The molecule has 2 N–H and O–H groups in total. The number of hydrogen-bond donors (Lipinski definition) is 2. The lowest BCUT2D eigenvalue weighted by Crippen LogP contribution is -2.22. The molecule has 0 aliphatic rings. The van der Waals surface area contributed by atoms with E-state index in [0.717, 1.165) is 10.4 Å². The molecular weight excluding hydrogens is 419 g/mol. The number of benzene rings is 2. The molecule has 2 aromatic rings. The van der Waals surface area contributed by atoms with Crippen LogP contribution in [0.15, 0.2) is 70.2 Å². The summed E-state index contributed by atoms with van der Waals surface area (Å²) < 4.78 is 45.0. The number of halogens is 1. The Balaban J connectivity index is 2.06. The van der Waals surface area contributed by atoms with Crippen molar-refractivity contribution in [3.05, 3.63) is 60.4 Å². The standard InChI is InChI=1S/C19H21FN2O5S2/c1-22(2)29(25,26)16-9-7-15(8-10-16)27-17-5-3-4-6-18(17)28-13-14(20)11-12-21-19(23)24/h3-11,21H,12-13H2,1-2H3,(H,23,24)/b14-11-. The Morgan fingerprint density at radius 2 is 1.86 bits per heavy atom. The van der Waals surface area contributed by atoms with Crippen LogP contribution in [0.3, 0.4) is 0 Å². The second kappa shape index (κ2) is 10.3. The van der Waals surface area contributed by atoms with E-state index in [-0.39, 0.29) is 17.2 Å². The fourth-order valence-electron chi connectivity index (χ4n) is 2.13. The first kappa shape index (κ1) is 22.7. The predicted molar refractivity (Wildman–Crippen MR) is 110 cm³/mol. The molecule has 0 atom stereocenters. The highest BCUT2D eigenvalue weighted by atomic mass is 32.2. The minimum Gasteiger partial charge on any atom is -0.465 e. The van der Waals surface area contributed by atoms with E-state index in [2.05, 4.69) is 5.32 Å². The average Bonchev–Trinajstić information content (AvgIpc) is 2.67. The first-order chi connectivity index (χ1) is 13.7. The highest BCUT2D eigenvalue weighted by molar-refractivity contribution is 7.99. The lowest BCUT2D eigenvalue weighted by molar-refractivity contribution is 0.195. The summed E-state index contributed by atoms with van der Waals surface area (Å²) >= 11 is 1.20. The summed E-state index contributed by atoms with van der Waals surface area (Å²) in [6, 6.07) is 13.1. The first-order valence-corrected chi connectivity index (χ1v) is 10.9. The van der Waals surface area contributed by atoms with Crippen LogP contribution in [0.25, 0.3) is 0 Å². The van der Waals surface area contributed by atoms with E-state index in [0.29, 0.717) is 16.4 Å². The van der Waals surface area contributed by atoms with Gasteiger partial charge in [0.15, 0.2) is 0 Å². The molecule has 2 rings (SSSR count). The number of nitrogens with zero attached hydrogens (tertiary/aromatic N) is 1. The molecule has 0 radical (unpaired) electrons. The molecule has 29 heavy (non-hydrogen) atoms. The van der Waals surface area contributed by atoms with Gasteiger partial charge in [-0.05, 0) is 42.5 Å². The van der Waals surface area contributed by atoms with Crippen molar-refractivity contribution in [2.75, 3.05) is 26.4 Å². The van der Waals surface area contributed by atoms with Gasteiger partial charge in [-0.3, -0.25) is 0 Å². The van der Waals surface area contributed by atoms with E-state index in [1.807, 2.05) is 0 Å². The van der Waals surface area contributed by atoms with E-state index >= 15 is 0 Å². The highest BCUT2D eigenvalue weighted by Crippen LogP contribution is 2.34. The third-order valence-electron chi connectivity index (χ3n) is 3.62. The van der Waals surface area contributed by atoms with Crippen LogP contribution < -0.4 is 10.1 Å². The molecule has 2 aromatic carbocycles. The number of rotatable bonds is 9. The number of thioether (sulfide) groups is 1. The van der Waals surface area contributed by atoms with Gasteiger partial charge in [0.25, 0.3) is 0 Å². The summed E-state index contributed by atoms with van der Waals surface area (Å²) in [6.07, 6.45) is -0.0565. The fourth-order valence-corrected chi connectivity index (χ4v) is 3.87. The van der Waals surface area contributed by atoms with E-state index in [1.165, 1.54) is 38.0 Å². The quantitative estimate of drug-likeness (QED) is 0.574. The van der Waals surface area contributed by atoms with Gasteiger partial charge >= 0.3 is 6.09 Å². The SMILES string of the molecule is CN(C)S(=O)(=O)c1ccc(Oc2ccccc2SC/C(F)=C/CNC(=O)O)cc1. The molecule has 0 aliphatic heterocycles. The van der Waals surface area contributed by atoms with Crippen molar-refractivity contribution in [2.45, 2.75) is 9.79 Å². The monoisotopic (exact) mass is 440 g/mol. The summed E-state index contributed by atoms with van der Waals surface area (Å²) in [5.74, 6) is 0.494. The molecule has 0 bridgehead atoms. The number of ether oxygens (including phenoxy) is 1. The van der Waals surface area contributed by atoms with E-state index < -0.39 is 21.9 Å². The topological polar surface area (TPSA) is 95.9 Å². The van der Waals surface area contributed by atoms with Gasteiger partial charge in [0.2, 0.25) is 10.0 Å². The van der Waals surface area contributed by atoms with Crippen molar-refractivity contribution < 1.29 is 27.4 Å². The Labute approximate surface area is 173 Å². The van der Waals surface area contributed by atoms with Crippen molar-refractivity contribution in [1.29, 1.82) is 0 Å². The molecular formula is C19H21FN2O5S2. The molecule has 0 spiro atoms. The van der Waals surface area contributed by atoms with Crippen molar-refractivity contribution in [3.63, 3.8) is 0 Å². The zero-order valence-electron chi connectivity index (χ0n) is 15.8. The van der Waals surface area contributed by atoms with Gasteiger partial charge in [-0.25, -0.2) is 21.9 Å². The van der Waals surface area contributed by atoms with Crippen LogP contribution in [0.5, 0.6) is 11.5 Å². The van der Waals surface area contributed by atoms with Gasteiger partial charge in [-0.2, -0.15) is 0 Å². The normalized spacial score (nSPS) is 12.1. The molecule has 156 valence electrons. The van der Waals surface area contributed by atoms with E-state index in [4.69, 9.17) is 9.84 Å². The molecule has 0 fully saturated rings. The molecule has 0 saturated heterocycles. The van der Waals surface area contributed by atoms with Crippen LogP contribution >= 0.6 is 11.8 Å². The van der Waals surface area contributed by atoms with Gasteiger partial charge in [0.1, 0.15) is 17.3 Å². The number of para-hydroxylation sites is 1. The van der Waals surface area contributed by atoms with Gasteiger partial charge in [0.05, 0.1) is 9.79 Å². The molecule has 0 saturated carbocycles. The van der Waals surface area contributed by atoms with Gasteiger partial charge in [0, 0.05) is 26.4 Å². The van der Waals surface area contributed by atoms with Gasteiger partial charge < -0.3 is 15.2 Å². The Hall–Kier alpha value is -2.56. The maximum absolute atomic E-state index is 13.8. The molecule has 0 aliphatic carbocycles. The Morgan fingerprint density at radius 1 is 1.21 bits per heavy atom. The van der Waals surface area contributed by atoms with Crippen molar-refractivity contribution in [3.8, 4) is 11.5 Å². The van der Waals surface area contributed by atoms with Crippen molar-refractivity contribution in [2.24, 2.45) is 0 Å². The number of sulfonamides is 1. The maximum Gasteiger partial charge on any atom is 0.404 e. The Bertz CT molecular complexity index is 976. The molecule has 0 unspecified atom stereocenters. The Kier molecular flexibility index (Phi) is 8.06. The second-order valence-corrected chi connectivity index (χ2v) is 9.10. The largest absolute Gasteiger partial charge is 0.465 e. The minimum absolute atomic E-state index is 0.0156. The first-order valence-electron chi connectivity index (χ1n) is 8.43. The summed E-state index contributed by atoms with van der Waals surface area (Å²) in [5, 5.41) is 10.5. The third-order valence-corrected chi connectivity index (χ3v) is 6.52. The van der Waals surface area contributed by atoms with E-state index in [1.54, 1.807) is 36.4 Å². The molecule has 7 nitrogen and oxygen atoms in total. The smallest absolute Gasteiger partial charge is 0.404 e. The highest BCUT2D eigenvalue weighted by Gasteiger charge is 2.17. The minimum atomic E-state index is -3.52. The van der Waals surface area contributed by atoms with Gasteiger partial charge in [-0.1, -0.05) is 12.1 Å². The molecule has 0 heterocycles. The van der Waals surface area contributed by atoms with E-state index in [9.17, 15) is 17.6 Å². The summed E-state index contributed by atoms with van der Waals surface area (Å²) in [6.45, 7) is -0.109. The van der Waals surface area contributed by atoms with Crippen LogP contribution in [0.2, 0.25) is 0 Å². The Morgan fingerprint density at radius 3 is 2.48 bits per heavy atom. The molecule has 10 heteroatoms. The van der Waals surface area contributed by atoms with Crippen LogP contribution in [-0.2, 0) is 10.0 Å². The number of carboxylic acid groups (broad SMARTS) is 1. The summed E-state index contributed by atoms with van der Waals surface area (Å²) in [7, 11) is -0.608. The number of hydrogen-bond acceptors (Lipinski definition) is 5. The van der Waals surface area contributed by atoms with Crippen molar-refractivity contribution >= 4 is 27.9 Å². The van der Waals surface area contributed by atoms with Crippen LogP contribution in [0.1, 0.15) is 0 Å². The maximum atomic E-state index is 13.8. The van der Waals surface area contributed by atoms with Crippen LogP contribution in [0.4, 0.5) is 9.18 Å². The fraction of sp³-hybridized carbons (Fsp3) is 0.211. The van der Waals surface area contributed by atoms with Crippen molar-refractivity contribution in [1.82, 2.24) is 9.62 Å². The number of carbonyl (C=O) groups is 1. The summed E-state index contributed by atoms with van der Waals surface area (Å²) in [4.78, 5) is 11.2. The third kappa shape index (κ3) is 6.77. The van der Waals surface area contributed by atoms with Gasteiger partial charge in [-0.15, -0.1) is 11.8 Å².